The van der Waals surface area contributed by atoms with Crippen molar-refractivity contribution in [2.24, 2.45) is 0 Å². The van der Waals surface area contributed by atoms with Crippen LogP contribution in [0.2, 0.25) is 5.15 Å². The van der Waals surface area contributed by atoms with E-state index in [1.165, 1.54) is 0 Å². The summed E-state index contributed by atoms with van der Waals surface area (Å²) in [5.41, 5.74) is 3.59. The molecule has 0 fully saturated rings. The van der Waals surface area contributed by atoms with Crippen LogP contribution in [0.3, 0.4) is 0 Å². The standard InChI is InChI=1S/C13H11ClN4/c1-2-10-7-12(14)18-13(16-10)8-11(17-18)9-3-5-15-6-4-9/h3-8H,2H2,1H3. The van der Waals surface area contributed by atoms with Crippen LogP contribution in [-0.4, -0.2) is 19.6 Å². The highest BCUT2D eigenvalue weighted by atomic mass is 35.5. The molecule has 3 rings (SSSR count). The summed E-state index contributed by atoms with van der Waals surface area (Å²) in [6, 6.07) is 7.60. The van der Waals surface area contributed by atoms with Crippen LogP contribution in [0.15, 0.2) is 36.7 Å². The fraction of sp³-hybridized carbons (Fsp3) is 0.154. The first-order valence-electron chi connectivity index (χ1n) is 5.73. The maximum Gasteiger partial charge on any atom is 0.157 e. The van der Waals surface area contributed by atoms with Crippen molar-refractivity contribution >= 4 is 17.2 Å². The van der Waals surface area contributed by atoms with Gasteiger partial charge in [0, 0.05) is 29.7 Å². The van der Waals surface area contributed by atoms with Crippen LogP contribution in [0.5, 0.6) is 0 Å². The Hall–Kier alpha value is -1.94. The third-order valence-corrected chi connectivity index (χ3v) is 3.04. The van der Waals surface area contributed by atoms with E-state index in [2.05, 4.69) is 22.0 Å². The number of aryl methyl sites for hydroxylation is 1. The number of halogens is 1. The number of rotatable bonds is 2. The highest BCUT2D eigenvalue weighted by Gasteiger charge is 2.08. The minimum absolute atomic E-state index is 0.581. The molecule has 0 radical (unpaired) electrons. The van der Waals surface area contributed by atoms with E-state index in [0.717, 1.165) is 29.0 Å². The Bertz CT molecular complexity index is 691. The Kier molecular flexibility index (Phi) is 2.72. The van der Waals surface area contributed by atoms with Crippen LogP contribution in [0.25, 0.3) is 16.9 Å². The number of aromatic nitrogens is 4. The molecule has 0 N–H and O–H groups in total. The van der Waals surface area contributed by atoms with E-state index < -0.39 is 0 Å². The van der Waals surface area contributed by atoms with Crippen molar-refractivity contribution in [3.63, 3.8) is 0 Å². The van der Waals surface area contributed by atoms with Gasteiger partial charge in [-0.25, -0.2) is 9.50 Å². The molecule has 3 aromatic rings. The second-order valence-electron chi connectivity index (χ2n) is 3.96. The van der Waals surface area contributed by atoms with Gasteiger partial charge in [0.15, 0.2) is 5.65 Å². The van der Waals surface area contributed by atoms with Crippen LogP contribution in [0.1, 0.15) is 12.6 Å². The largest absolute Gasteiger partial charge is 0.265 e. The lowest BCUT2D eigenvalue weighted by atomic mass is 10.2. The van der Waals surface area contributed by atoms with Gasteiger partial charge < -0.3 is 0 Å². The normalized spacial score (nSPS) is 11.0. The number of fused-ring (bicyclic) bond motifs is 1. The van der Waals surface area contributed by atoms with Crippen molar-refractivity contribution in [1.82, 2.24) is 19.6 Å². The number of hydrogen-bond donors (Lipinski definition) is 0. The molecule has 18 heavy (non-hydrogen) atoms. The molecule has 0 aliphatic carbocycles. The zero-order valence-electron chi connectivity index (χ0n) is 9.84. The number of pyridine rings is 1. The van der Waals surface area contributed by atoms with Gasteiger partial charge in [-0.3, -0.25) is 4.98 Å². The Morgan fingerprint density at radius 3 is 2.72 bits per heavy atom. The molecule has 0 unspecified atom stereocenters. The fourth-order valence-corrected chi connectivity index (χ4v) is 2.08. The van der Waals surface area contributed by atoms with Gasteiger partial charge in [-0.05, 0) is 24.6 Å². The molecule has 0 saturated heterocycles. The van der Waals surface area contributed by atoms with E-state index in [-0.39, 0.29) is 0 Å². The molecule has 0 aliphatic rings. The van der Waals surface area contributed by atoms with E-state index in [1.54, 1.807) is 16.9 Å². The summed E-state index contributed by atoms with van der Waals surface area (Å²) in [5, 5.41) is 5.03. The highest BCUT2D eigenvalue weighted by molar-refractivity contribution is 6.29. The molecule has 0 amide bonds. The smallest absolute Gasteiger partial charge is 0.157 e. The molecular formula is C13H11ClN4. The van der Waals surface area contributed by atoms with Crippen molar-refractivity contribution in [3.8, 4) is 11.3 Å². The van der Waals surface area contributed by atoms with Gasteiger partial charge in [-0.1, -0.05) is 18.5 Å². The van der Waals surface area contributed by atoms with E-state index in [4.69, 9.17) is 11.6 Å². The summed E-state index contributed by atoms with van der Waals surface area (Å²) in [6.45, 7) is 2.05. The van der Waals surface area contributed by atoms with Crippen LogP contribution in [-0.2, 0) is 6.42 Å². The Labute approximate surface area is 109 Å². The lowest BCUT2D eigenvalue weighted by Crippen LogP contribution is -1.96. The van der Waals surface area contributed by atoms with Crippen molar-refractivity contribution in [2.75, 3.05) is 0 Å². The first-order chi connectivity index (χ1) is 8.78. The van der Waals surface area contributed by atoms with Crippen LogP contribution >= 0.6 is 11.6 Å². The van der Waals surface area contributed by atoms with Crippen molar-refractivity contribution in [2.45, 2.75) is 13.3 Å². The van der Waals surface area contributed by atoms with E-state index in [1.807, 2.05) is 24.3 Å². The number of nitrogens with zero attached hydrogens (tertiary/aromatic N) is 4. The van der Waals surface area contributed by atoms with Crippen LogP contribution in [0.4, 0.5) is 0 Å². The SMILES string of the molecule is CCc1cc(Cl)n2nc(-c3ccncc3)cc2n1. The molecule has 0 bridgehead atoms. The van der Waals surface area contributed by atoms with E-state index >= 15 is 0 Å². The number of hydrogen-bond acceptors (Lipinski definition) is 3. The molecular weight excluding hydrogens is 248 g/mol. The van der Waals surface area contributed by atoms with Gasteiger partial charge in [-0.15, -0.1) is 0 Å². The summed E-state index contributed by atoms with van der Waals surface area (Å²) >= 11 is 6.19. The molecule has 0 atom stereocenters. The summed E-state index contributed by atoms with van der Waals surface area (Å²) in [7, 11) is 0. The lowest BCUT2D eigenvalue weighted by Gasteiger charge is -1.99. The molecule has 3 heterocycles. The summed E-state index contributed by atoms with van der Waals surface area (Å²) in [4.78, 5) is 8.49. The fourth-order valence-electron chi connectivity index (χ4n) is 1.83. The quantitative estimate of drug-likeness (QED) is 0.664. The Balaban J connectivity index is 2.20. The van der Waals surface area contributed by atoms with Crippen molar-refractivity contribution in [1.29, 1.82) is 0 Å². The maximum absolute atomic E-state index is 6.19. The molecule has 0 aromatic carbocycles. The molecule has 0 saturated carbocycles. The van der Waals surface area contributed by atoms with Gasteiger partial charge in [-0.2, -0.15) is 5.10 Å². The predicted octanol–water partition coefficient (Wildman–Crippen LogP) is 3.01. The molecule has 0 aliphatic heterocycles. The van der Waals surface area contributed by atoms with Gasteiger partial charge >= 0.3 is 0 Å². The van der Waals surface area contributed by atoms with Gasteiger partial charge in [0.25, 0.3) is 0 Å². The van der Waals surface area contributed by atoms with Gasteiger partial charge in [0.1, 0.15) is 5.15 Å². The minimum Gasteiger partial charge on any atom is -0.265 e. The Morgan fingerprint density at radius 1 is 1.22 bits per heavy atom. The van der Waals surface area contributed by atoms with E-state index in [9.17, 15) is 0 Å². The third-order valence-electron chi connectivity index (χ3n) is 2.78. The molecule has 3 aromatic heterocycles. The Morgan fingerprint density at radius 2 is 2.00 bits per heavy atom. The molecule has 90 valence electrons. The predicted molar refractivity (Wildman–Crippen MR) is 70.6 cm³/mol. The topological polar surface area (TPSA) is 43.1 Å². The van der Waals surface area contributed by atoms with Crippen molar-refractivity contribution in [3.05, 3.63) is 47.5 Å². The minimum atomic E-state index is 0.581. The third kappa shape index (κ3) is 1.84. The highest BCUT2D eigenvalue weighted by Crippen LogP contribution is 2.21. The van der Waals surface area contributed by atoms with Crippen LogP contribution in [0, 0.1) is 0 Å². The summed E-state index contributed by atoms with van der Waals surface area (Å²) in [6.07, 6.45) is 4.34. The second-order valence-corrected chi connectivity index (χ2v) is 4.35. The van der Waals surface area contributed by atoms with Gasteiger partial charge in [0.2, 0.25) is 0 Å². The monoisotopic (exact) mass is 258 g/mol. The van der Waals surface area contributed by atoms with Crippen LogP contribution < -0.4 is 0 Å². The second kappa shape index (κ2) is 4.38. The zero-order chi connectivity index (χ0) is 12.5. The molecule has 4 nitrogen and oxygen atoms in total. The summed E-state index contributed by atoms with van der Waals surface area (Å²) in [5.74, 6) is 0. The molecule has 0 spiro atoms. The average molecular weight is 259 g/mol. The van der Waals surface area contributed by atoms with Gasteiger partial charge in [0.05, 0.1) is 5.69 Å². The molecule has 5 heteroatoms. The first-order valence-corrected chi connectivity index (χ1v) is 6.11. The van der Waals surface area contributed by atoms with E-state index in [0.29, 0.717) is 5.15 Å². The summed E-state index contributed by atoms with van der Waals surface area (Å²) < 4.78 is 1.65. The average Bonchev–Trinajstić information content (AvgIpc) is 2.84. The maximum atomic E-state index is 6.19. The first kappa shape index (κ1) is 11.2. The zero-order valence-corrected chi connectivity index (χ0v) is 10.6. The lowest BCUT2D eigenvalue weighted by molar-refractivity contribution is 0.915. The van der Waals surface area contributed by atoms with Crippen molar-refractivity contribution < 1.29 is 0 Å².